The van der Waals surface area contributed by atoms with Crippen molar-refractivity contribution >= 4 is 33.2 Å². The Kier molecular flexibility index (Phi) is 5.15. The molecule has 2 amide bonds. The molecule has 0 spiro atoms. The largest absolute Gasteiger partial charge is 0.496 e. The Balaban J connectivity index is 1.89. The van der Waals surface area contributed by atoms with Crippen molar-refractivity contribution in [3.8, 4) is 5.75 Å². The number of sulfonamides is 1. The lowest BCUT2D eigenvalue weighted by atomic mass is 10.1. The third-order valence-electron chi connectivity index (χ3n) is 4.11. The van der Waals surface area contributed by atoms with E-state index in [2.05, 4.69) is 15.4 Å². The van der Waals surface area contributed by atoms with Crippen LogP contribution in [-0.2, 0) is 19.6 Å². The predicted octanol–water partition coefficient (Wildman–Crippen LogP) is 2.02. The number of fused-ring (bicyclic) bond motifs is 1. The maximum Gasteiger partial charge on any atom is 0.241 e. The van der Waals surface area contributed by atoms with Gasteiger partial charge in [0.15, 0.2) is 0 Å². The van der Waals surface area contributed by atoms with Crippen molar-refractivity contribution in [3.05, 3.63) is 48.0 Å². The summed E-state index contributed by atoms with van der Waals surface area (Å²) < 4.78 is 33.4. The minimum absolute atomic E-state index is 0.0283. The smallest absolute Gasteiger partial charge is 0.241 e. The van der Waals surface area contributed by atoms with Gasteiger partial charge in [-0.2, -0.15) is 0 Å². The summed E-state index contributed by atoms with van der Waals surface area (Å²) in [6.07, 6.45) is -0.320. The van der Waals surface area contributed by atoms with Gasteiger partial charge in [0, 0.05) is 11.6 Å². The number of carbonyl (C=O) groups excluding carboxylic acids is 2. The molecule has 27 heavy (non-hydrogen) atoms. The zero-order valence-corrected chi connectivity index (χ0v) is 15.6. The Morgan fingerprint density at radius 2 is 1.70 bits per heavy atom. The average molecular weight is 389 g/mol. The molecule has 0 aliphatic carbocycles. The maximum absolute atomic E-state index is 12.8. The van der Waals surface area contributed by atoms with Crippen LogP contribution in [0.3, 0.4) is 0 Å². The Labute approximate surface area is 157 Å². The van der Waals surface area contributed by atoms with E-state index in [9.17, 15) is 18.0 Å². The second-order valence-corrected chi connectivity index (χ2v) is 7.78. The quantitative estimate of drug-likeness (QED) is 0.677. The van der Waals surface area contributed by atoms with Crippen LogP contribution in [-0.4, -0.2) is 27.3 Å². The topological polar surface area (TPSA) is 114 Å². The number of amides is 2. The van der Waals surface area contributed by atoms with Gasteiger partial charge < -0.3 is 15.4 Å². The maximum atomic E-state index is 12.8. The molecule has 3 N–H and O–H groups in total. The number of rotatable bonds is 5. The van der Waals surface area contributed by atoms with E-state index in [0.29, 0.717) is 17.0 Å². The number of benzene rings is 2. The van der Waals surface area contributed by atoms with E-state index in [-0.39, 0.29) is 17.0 Å². The number of methoxy groups -OCH3 is 1. The number of hydrogen-bond acceptors (Lipinski definition) is 5. The van der Waals surface area contributed by atoms with Crippen LogP contribution >= 0.6 is 0 Å². The molecule has 0 fully saturated rings. The molecule has 0 aromatic heterocycles. The van der Waals surface area contributed by atoms with E-state index in [1.54, 1.807) is 31.2 Å². The highest BCUT2D eigenvalue weighted by Crippen LogP contribution is 2.30. The van der Waals surface area contributed by atoms with Gasteiger partial charge in [-0.1, -0.05) is 18.2 Å². The Morgan fingerprint density at radius 3 is 2.41 bits per heavy atom. The first-order valence-corrected chi connectivity index (χ1v) is 9.67. The van der Waals surface area contributed by atoms with Gasteiger partial charge in [0.2, 0.25) is 21.8 Å². The highest BCUT2D eigenvalue weighted by Gasteiger charge is 2.24. The lowest BCUT2D eigenvalue weighted by molar-refractivity contribution is -0.123. The van der Waals surface area contributed by atoms with Gasteiger partial charge in [0.05, 0.1) is 23.4 Å². The number of anilines is 2. The van der Waals surface area contributed by atoms with Crippen LogP contribution in [0.5, 0.6) is 5.75 Å². The van der Waals surface area contributed by atoms with Crippen LogP contribution in [0.1, 0.15) is 24.9 Å². The first-order chi connectivity index (χ1) is 12.8. The summed E-state index contributed by atoms with van der Waals surface area (Å²) in [7, 11) is -2.36. The Morgan fingerprint density at radius 1 is 1.04 bits per heavy atom. The lowest BCUT2D eigenvalue weighted by Gasteiger charge is -2.18. The molecule has 1 heterocycles. The second kappa shape index (κ2) is 7.37. The molecule has 0 unspecified atom stereocenters. The molecule has 1 atom stereocenters. The molecule has 0 saturated heterocycles. The van der Waals surface area contributed by atoms with E-state index in [1.807, 2.05) is 0 Å². The number of carbonyl (C=O) groups is 2. The summed E-state index contributed by atoms with van der Waals surface area (Å²) >= 11 is 0. The fourth-order valence-corrected chi connectivity index (χ4v) is 4.07. The van der Waals surface area contributed by atoms with Gasteiger partial charge in [-0.25, -0.2) is 13.1 Å². The number of ether oxygens (including phenoxy) is 1. The fourth-order valence-electron chi connectivity index (χ4n) is 2.83. The average Bonchev–Trinajstić information content (AvgIpc) is 2.76. The molecule has 1 aliphatic rings. The first kappa shape index (κ1) is 18.9. The highest BCUT2D eigenvalue weighted by atomic mass is 32.2. The molecular weight excluding hydrogens is 370 g/mol. The van der Waals surface area contributed by atoms with Gasteiger partial charge in [-0.3, -0.25) is 9.59 Å². The van der Waals surface area contributed by atoms with Gasteiger partial charge in [0.25, 0.3) is 0 Å². The lowest BCUT2D eigenvalue weighted by Crippen LogP contribution is -2.27. The van der Waals surface area contributed by atoms with Crippen molar-refractivity contribution in [1.29, 1.82) is 0 Å². The van der Waals surface area contributed by atoms with Gasteiger partial charge in [0.1, 0.15) is 12.2 Å². The zero-order valence-electron chi connectivity index (χ0n) is 14.8. The van der Waals surface area contributed by atoms with E-state index in [1.165, 1.54) is 25.3 Å². The predicted molar refractivity (Wildman–Crippen MR) is 100 cm³/mol. The summed E-state index contributed by atoms with van der Waals surface area (Å²) in [6, 6.07) is 10.7. The number of nitrogens with one attached hydrogen (secondary N) is 3. The summed E-state index contributed by atoms with van der Waals surface area (Å²) in [6.45, 7) is 1.71. The second-order valence-electron chi connectivity index (χ2n) is 6.07. The van der Waals surface area contributed by atoms with Gasteiger partial charge in [-0.15, -0.1) is 0 Å². The third-order valence-corrected chi connectivity index (χ3v) is 5.65. The minimum Gasteiger partial charge on any atom is -0.496 e. The zero-order chi connectivity index (χ0) is 19.6. The molecule has 8 nitrogen and oxygen atoms in total. The molecule has 0 saturated carbocycles. The highest BCUT2D eigenvalue weighted by molar-refractivity contribution is 7.89. The normalized spacial score (nSPS) is 15.2. The molecule has 0 radical (unpaired) electrons. The van der Waals surface area contributed by atoms with Crippen molar-refractivity contribution in [1.82, 2.24) is 4.72 Å². The van der Waals surface area contributed by atoms with Crippen LogP contribution in [0.4, 0.5) is 11.4 Å². The van der Waals surface area contributed by atoms with Crippen LogP contribution < -0.4 is 20.1 Å². The Bertz CT molecular complexity index is 1000. The third kappa shape index (κ3) is 4.09. The summed E-state index contributed by atoms with van der Waals surface area (Å²) in [4.78, 5) is 23.3. The van der Waals surface area contributed by atoms with Crippen LogP contribution in [0.15, 0.2) is 47.4 Å². The first-order valence-electron chi connectivity index (χ1n) is 8.19. The Hall–Kier alpha value is -2.91. The summed E-state index contributed by atoms with van der Waals surface area (Å²) in [5.74, 6) is -0.384. The molecule has 9 heteroatoms. The number of para-hydroxylation sites is 1. The van der Waals surface area contributed by atoms with Crippen molar-refractivity contribution in [2.45, 2.75) is 24.3 Å². The van der Waals surface area contributed by atoms with E-state index in [0.717, 1.165) is 0 Å². The van der Waals surface area contributed by atoms with Crippen LogP contribution in [0.25, 0.3) is 0 Å². The summed E-state index contributed by atoms with van der Waals surface area (Å²) in [5, 5.41) is 5.09. The van der Waals surface area contributed by atoms with Crippen molar-refractivity contribution in [2.24, 2.45) is 0 Å². The van der Waals surface area contributed by atoms with Gasteiger partial charge >= 0.3 is 0 Å². The molecule has 142 valence electrons. The van der Waals surface area contributed by atoms with Gasteiger partial charge in [-0.05, 0) is 31.2 Å². The standard InChI is InChI=1S/C18H19N3O5S/c1-11(13-5-3-4-6-16(13)26-2)21-27(24,25)12-7-8-14-15(9-12)20-18(23)10-17(22)19-14/h3-9,11,21H,10H2,1-2H3,(H,19,22)(H,20,23)/t11-/m0/s1. The summed E-state index contributed by atoms with van der Waals surface area (Å²) in [5.41, 5.74) is 1.28. The van der Waals surface area contributed by atoms with Crippen LogP contribution in [0.2, 0.25) is 0 Å². The molecule has 2 aromatic rings. The van der Waals surface area contributed by atoms with E-state index < -0.39 is 27.9 Å². The molecule has 0 bridgehead atoms. The monoisotopic (exact) mass is 389 g/mol. The van der Waals surface area contributed by atoms with Crippen LogP contribution in [0, 0.1) is 0 Å². The van der Waals surface area contributed by atoms with Crippen molar-refractivity contribution in [2.75, 3.05) is 17.7 Å². The van der Waals surface area contributed by atoms with E-state index in [4.69, 9.17) is 4.74 Å². The van der Waals surface area contributed by atoms with Crippen molar-refractivity contribution in [3.63, 3.8) is 0 Å². The number of hydrogen-bond donors (Lipinski definition) is 3. The fraction of sp³-hybridized carbons (Fsp3) is 0.222. The minimum atomic E-state index is -3.88. The SMILES string of the molecule is COc1ccccc1[C@H](C)NS(=O)(=O)c1ccc2c(c1)NC(=O)CC(=O)N2. The van der Waals surface area contributed by atoms with Crippen molar-refractivity contribution < 1.29 is 22.7 Å². The molecular formula is C18H19N3O5S. The van der Waals surface area contributed by atoms with E-state index >= 15 is 0 Å². The molecule has 1 aliphatic heterocycles. The molecule has 2 aromatic carbocycles. The molecule has 3 rings (SSSR count).